The van der Waals surface area contributed by atoms with E-state index >= 15 is 0 Å². The Morgan fingerprint density at radius 3 is 2.71 bits per heavy atom. The number of sulfone groups is 1. The van der Waals surface area contributed by atoms with Crippen molar-refractivity contribution < 1.29 is 8.42 Å². The Kier molecular flexibility index (Phi) is 3.49. The third-order valence-corrected chi connectivity index (χ3v) is 4.90. The Morgan fingerprint density at radius 1 is 1.24 bits per heavy atom. The highest BCUT2D eigenvalue weighted by molar-refractivity contribution is 7.91. The molecule has 1 aromatic carbocycles. The molecule has 0 atom stereocenters. The first-order chi connectivity index (χ1) is 8.08. The molecule has 0 aliphatic rings. The maximum atomic E-state index is 12.0. The normalized spacial score (nSPS) is 11.5. The molecule has 1 heterocycles. The summed E-state index contributed by atoms with van der Waals surface area (Å²) in [6.45, 7) is 0. The van der Waals surface area contributed by atoms with E-state index in [-0.39, 0.29) is 5.75 Å². The van der Waals surface area contributed by atoms with Gasteiger partial charge in [0.05, 0.1) is 10.6 Å². The number of rotatable bonds is 4. The van der Waals surface area contributed by atoms with Crippen molar-refractivity contribution in [2.75, 3.05) is 11.5 Å². The van der Waals surface area contributed by atoms with Crippen molar-refractivity contribution in [3.8, 4) is 0 Å². The largest absolute Gasteiger partial charge is 0.399 e. The maximum absolute atomic E-state index is 12.0. The lowest BCUT2D eigenvalue weighted by molar-refractivity contribution is 0.595. The quantitative estimate of drug-likeness (QED) is 0.865. The van der Waals surface area contributed by atoms with Gasteiger partial charge in [-0.25, -0.2) is 8.42 Å². The van der Waals surface area contributed by atoms with E-state index in [2.05, 4.69) is 0 Å². The van der Waals surface area contributed by atoms with Crippen LogP contribution in [0.4, 0.5) is 5.69 Å². The average Bonchev–Trinajstić information content (AvgIpc) is 2.79. The molecule has 0 bridgehead atoms. The molecule has 0 saturated carbocycles. The van der Waals surface area contributed by atoms with Gasteiger partial charge < -0.3 is 5.73 Å². The van der Waals surface area contributed by atoms with Gasteiger partial charge in [-0.2, -0.15) is 11.3 Å². The molecule has 0 spiro atoms. The molecule has 0 aliphatic heterocycles. The van der Waals surface area contributed by atoms with Crippen LogP contribution in [0.2, 0.25) is 0 Å². The highest BCUT2D eigenvalue weighted by Gasteiger charge is 2.14. The summed E-state index contributed by atoms with van der Waals surface area (Å²) in [5, 5.41) is 3.91. The van der Waals surface area contributed by atoms with E-state index in [1.54, 1.807) is 29.5 Å². The number of aryl methyl sites for hydroxylation is 1. The fraction of sp³-hybridized carbons (Fsp3) is 0.167. The van der Waals surface area contributed by atoms with Gasteiger partial charge in [0.1, 0.15) is 0 Å². The van der Waals surface area contributed by atoms with Gasteiger partial charge >= 0.3 is 0 Å². The van der Waals surface area contributed by atoms with Gasteiger partial charge in [-0.15, -0.1) is 0 Å². The number of nitrogen functional groups attached to an aromatic ring is 1. The van der Waals surface area contributed by atoms with Crippen LogP contribution in [0, 0.1) is 0 Å². The zero-order chi connectivity index (χ0) is 12.3. The fourth-order valence-corrected chi connectivity index (χ4v) is 3.56. The number of thiophene rings is 1. The zero-order valence-electron chi connectivity index (χ0n) is 9.17. The Morgan fingerprint density at radius 2 is 2.06 bits per heavy atom. The Balaban J connectivity index is 2.14. The molecule has 90 valence electrons. The Bertz CT molecular complexity index is 589. The van der Waals surface area contributed by atoms with Gasteiger partial charge in [-0.1, -0.05) is 6.07 Å². The molecule has 0 saturated heterocycles. The van der Waals surface area contributed by atoms with Crippen LogP contribution in [-0.2, 0) is 16.3 Å². The number of nitrogens with two attached hydrogens (primary N) is 1. The smallest absolute Gasteiger partial charge is 0.178 e. The summed E-state index contributed by atoms with van der Waals surface area (Å²) in [6, 6.07) is 8.37. The standard InChI is InChI=1S/C12H13NO2S2/c13-11-2-1-3-12(8-11)17(14,15)7-5-10-4-6-16-9-10/h1-4,6,8-9H,5,7,13H2. The number of anilines is 1. The van der Waals surface area contributed by atoms with Crippen LogP contribution in [0.1, 0.15) is 5.56 Å². The number of hydrogen-bond acceptors (Lipinski definition) is 4. The predicted molar refractivity (Wildman–Crippen MR) is 70.9 cm³/mol. The van der Waals surface area contributed by atoms with Crippen LogP contribution in [0.5, 0.6) is 0 Å². The van der Waals surface area contributed by atoms with Gasteiger partial charge in [0, 0.05) is 5.69 Å². The Hall–Kier alpha value is -1.33. The molecule has 17 heavy (non-hydrogen) atoms. The molecule has 0 fully saturated rings. The molecule has 0 unspecified atom stereocenters. The lowest BCUT2D eigenvalue weighted by Crippen LogP contribution is -2.09. The summed E-state index contributed by atoms with van der Waals surface area (Å²) in [7, 11) is -3.23. The minimum atomic E-state index is -3.23. The number of hydrogen-bond donors (Lipinski definition) is 1. The van der Waals surface area contributed by atoms with Gasteiger partial charge in [0.15, 0.2) is 9.84 Å². The molecule has 3 nitrogen and oxygen atoms in total. The van der Waals surface area contributed by atoms with Crippen LogP contribution in [0.25, 0.3) is 0 Å². The van der Waals surface area contributed by atoms with E-state index < -0.39 is 9.84 Å². The van der Waals surface area contributed by atoms with E-state index in [0.29, 0.717) is 17.0 Å². The third kappa shape index (κ3) is 3.08. The van der Waals surface area contributed by atoms with Gasteiger partial charge in [-0.05, 0) is 47.0 Å². The Labute approximate surface area is 105 Å². The zero-order valence-corrected chi connectivity index (χ0v) is 10.8. The second kappa shape index (κ2) is 4.89. The highest BCUT2D eigenvalue weighted by atomic mass is 32.2. The van der Waals surface area contributed by atoms with Crippen molar-refractivity contribution in [3.05, 3.63) is 46.7 Å². The molecule has 1 aromatic heterocycles. The molecular formula is C12H13NO2S2. The topological polar surface area (TPSA) is 60.2 Å². The van der Waals surface area contributed by atoms with Crippen molar-refractivity contribution in [1.82, 2.24) is 0 Å². The highest BCUT2D eigenvalue weighted by Crippen LogP contribution is 2.16. The summed E-state index contributed by atoms with van der Waals surface area (Å²) in [5.41, 5.74) is 7.11. The van der Waals surface area contributed by atoms with Crippen LogP contribution in [0.3, 0.4) is 0 Å². The van der Waals surface area contributed by atoms with E-state index in [1.807, 2.05) is 16.8 Å². The van der Waals surface area contributed by atoms with Crippen molar-refractivity contribution in [1.29, 1.82) is 0 Å². The molecule has 2 rings (SSSR count). The first-order valence-electron chi connectivity index (χ1n) is 5.17. The van der Waals surface area contributed by atoms with Crippen LogP contribution >= 0.6 is 11.3 Å². The van der Waals surface area contributed by atoms with Crippen molar-refractivity contribution in [2.45, 2.75) is 11.3 Å². The lowest BCUT2D eigenvalue weighted by Gasteiger charge is -2.04. The predicted octanol–water partition coefficient (Wildman–Crippen LogP) is 2.35. The minimum absolute atomic E-state index is 0.118. The second-order valence-corrected chi connectivity index (χ2v) is 6.66. The molecule has 0 aliphatic carbocycles. The second-order valence-electron chi connectivity index (χ2n) is 3.77. The van der Waals surface area contributed by atoms with E-state index in [0.717, 1.165) is 5.56 Å². The summed E-state index contributed by atoms with van der Waals surface area (Å²) < 4.78 is 24.1. The van der Waals surface area contributed by atoms with Crippen molar-refractivity contribution >= 4 is 26.9 Å². The van der Waals surface area contributed by atoms with Crippen LogP contribution < -0.4 is 5.73 Å². The van der Waals surface area contributed by atoms with Crippen LogP contribution in [0.15, 0.2) is 46.0 Å². The molecule has 0 radical (unpaired) electrons. The maximum Gasteiger partial charge on any atom is 0.178 e. The fourth-order valence-electron chi connectivity index (χ4n) is 1.51. The summed E-state index contributed by atoms with van der Waals surface area (Å²) >= 11 is 1.57. The third-order valence-electron chi connectivity index (χ3n) is 2.46. The summed E-state index contributed by atoms with van der Waals surface area (Å²) in [4.78, 5) is 0.299. The summed E-state index contributed by atoms with van der Waals surface area (Å²) in [6.07, 6.45) is 0.542. The molecular weight excluding hydrogens is 254 g/mol. The first kappa shape index (κ1) is 12.1. The average molecular weight is 267 g/mol. The summed E-state index contributed by atoms with van der Waals surface area (Å²) in [5.74, 6) is 0.118. The molecule has 5 heteroatoms. The van der Waals surface area contributed by atoms with Crippen molar-refractivity contribution in [2.24, 2.45) is 0 Å². The van der Waals surface area contributed by atoms with E-state index in [9.17, 15) is 8.42 Å². The van der Waals surface area contributed by atoms with E-state index in [1.165, 1.54) is 6.07 Å². The monoisotopic (exact) mass is 267 g/mol. The minimum Gasteiger partial charge on any atom is -0.399 e. The van der Waals surface area contributed by atoms with Crippen LogP contribution in [-0.4, -0.2) is 14.2 Å². The van der Waals surface area contributed by atoms with Crippen molar-refractivity contribution in [3.63, 3.8) is 0 Å². The van der Waals surface area contributed by atoms with Gasteiger partial charge in [0.2, 0.25) is 0 Å². The van der Waals surface area contributed by atoms with Gasteiger partial charge in [0.25, 0.3) is 0 Å². The van der Waals surface area contributed by atoms with E-state index in [4.69, 9.17) is 5.73 Å². The van der Waals surface area contributed by atoms with Gasteiger partial charge in [-0.3, -0.25) is 0 Å². The molecule has 2 N–H and O–H groups in total. The number of benzene rings is 1. The molecule has 2 aromatic rings. The lowest BCUT2D eigenvalue weighted by atomic mass is 10.3. The first-order valence-corrected chi connectivity index (χ1v) is 7.77. The SMILES string of the molecule is Nc1cccc(S(=O)(=O)CCc2ccsc2)c1. The molecule has 0 amide bonds.